The van der Waals surface area contributed by atoms with Gasteiger partial charge in [0.25, 0.3) is 0 Å². The van der Waals surface area contributed by atoms with Crippen LogP contribution in [-0.4, -0.2) is 29.1 Å². The van der Waals surface area contributed by atoms with Gasteiger partial charge in [-0.15, -0.1) is 0 Å². The van der Waals surface area contributed by atoms with E-state index in [0.717, 1.165) is 18.4 Å². The quantitative estimate of drug-likeness (QED) is 0.901. The first kappa shape index (κ1) is 17.0. The number of nitrogens with zero attached hydrogens (tertiary/aromatic N) is 2. The molecule has 0 aromatic heterocycles. The number of benzene rings is 2. The number of amides is 2. The SMILES string of the molecule is N#Cc1ccc(NC(=O)N2CCC(C(O)c3ccccc3)CC2)cc1. The third-order valence-corrected chi connectivity index (χ3v) is 4.68. The van der Waals surface area contributed by atoms with E-state index in [1.165, 1.54) is 0 Å². The van der Waals surface area contributed by atoms with Crippen LogP contribution in [0.1, 0.15) is 30.1 Å². The Bertz CT molecular complexity index is 745. The average molecular weight is 335 g/mol. The minimum absolute atomic E-state index is 0.141. The zero-order valence-electron chi connectivity index (χ0n) is 13.9. The highest BCUT2D eigenvalue weighted by Crippen LogP contribution is 2.30. The number of aliphatic hydroxyl groups is 1. The van der Waals surface area contributed by atoms with Gasteiger partial charge in [-0.1, -0.05) is 30.3 Å². The van der Waals surface area contributed by atoms with E-state index in [2.05, 4.69) is 11.4 Å². The van der Waals surface area contributed by atoms with Crippen LogP contribution in [-0.2, 0) is 0 Å². The van der Waals surface area contributed by atoms with Crippen molar-refractivity contribution >= 4 is 11.7 Å². The predicted octanol–water partition coefficient (Wildman–Crippen LogP) is 3.54. The van der Waals surface area contributed by atoms with Crippen LogP contribution in [0.25, 0.3) is 0 Å². The van der Waals surface area contributed by atoms with E-state index in [0.29, 0.717) is 24.3 Å². The molecule has 0 saturated carbocycles. The Kier molecular flexibility index (Phi) is 5.32. The minimum atomic E-state index is -0.482. The molecule has 2 N–H and O–H groups in total. The van der Waals surface area contributed by atoms with Gasteiger partial charge >= 0.3 is 6.03 Å². The number of urea groups is 1. The van der Waals surface area contributed by atoms with E-state index < -0.39 is 6.10 Å². The van der Waals surface area contributed by atoms with Gasteiger partial charge < -0.3 is 15.3 Å². The number of likely N-dealkylation sites (tertiary alicyclic amines) is 1. The third-order valence-electron chi connectivity index (χ3n) is 4.68. The largest absolute Gasteiger partial charge is 0.388 e. The van der Waals surface area contributed by atoms with E-state index in [4.69, 9.17) is 5.26 Å². The van der Waals surface area contributed by atoms with Gasteiger partial charge in [0.2, 0.25) is 0 Å². The van der Waals surface area contributed by atoms with Crippen LogP contribution in [0.3, 0.4) is 0 Å². The molecule has 0 bridgehead atoms. The fourth-order valence-electron chi connectivity index (χ4n) is 3.17. The van der Waals surface area contributed by atoms with Gasteiger partial charge in [-0.05, 0) is 48.6 Å². The molecule has 2 aromatic rings. The lowest BCUT2D eigenvalue weighted by Crippen LogP contribution is -2.42. The Morgan fingerprint density at radius 1 is 1.12 bits per heavy atom. The summed E-state index contributed by atoms with van der Waals surface area (Å²) in [5.41, 5.74) is 2.17. The summed E-state index contributed by atoms with van der Waals surface area (Å²) >= 11 is 0. The molecule has 25 heavy (non-hydrogen) atoms. The molecule has 128 valence electrons. The van der Waals surface area contributed by atoms with Gasteiger partial charge in [-0.2, -0.15) is 5.26 Å². The smallest absolute Gasteiger partial charge is 0.321 e. The predicted molar refractivity (Wildman–Crippen MR) is 95.9 cm³/mol. The van der Waals surface area contributed by atoms with E-state index in [1.54, 1.807) is 29.2 Å². The van der Waals surface area contributed by atoms with Crippen molar-refractivity contribution in [2.75, 3.05) is 18.4 Å². The van der Waals surface area contributed by atoms with Crippen LogP contribution in [0.2, 0.25) is 0 Å². The molecule has 5 nitrogen and oxygen atoms in total. The fourth-order valence-corrected chi connectivity index (χ4v) is 3.17. The van der Waals surface area contributed by atoms with Crippen molar-refractivity contribution in [2.45, 2.75) is 18.9 Å². The molecule has 1 heterocycles. The number of nitriles is 1. The van der Waals surface area contributed by atoms with Crippen molar-refractivity contribution in [3.63, 3.8) is 0 Å². The summed E-state index contributed by atoms with van der Waals surface area (Å²) in [6.45, 7) is 1.24. The summed E-state index contributed by atoms with van der Waals surface area (Å²) in [4.78, 5) is 14.1. The number of carbonyl (C=O) groups is 1. The highest BCUT2D eigenvalue weighted by molar-refractivity contribution is 5.89. The van der Waals surface area contributed by atoms with Gasteiger partial charge in [0, 0.05) is 18.8 Å². The molecule has 1 saturated heterocycles. The highest BCUT2D eigenvalue weighted by Gasteiger charge is 2.28. The van der Waals surface area contributed by atoms with Crippen LogP contribution in [0.4, 0.5) is 10.5 Å². The molecule has 1 fully saturated rings. The van der Waals surface area contributed by atoms with E-state index in [-0.39, 0.29) is 11.9 Å². The maximum Gasteiger partial charge on any atom is 0.321 e. The van der Waals surface area contributed by atoms with Gasteiger partial charge in [0.15, 0.2) is 0 Å². The molecular weight excluding hydrogens is 314 g/mol. The van der Waals surface area contributed by atoms with Crippen LogP contribution >= 0.6 is 0 Å². The number of carbonyl (C=O) groups excluding carboxylic acids is 1. The second-order valence-electron chi connectivity index (χ2n) is 6.30. The van der Waals surface area contributed by atoms with E-state index in [9.17, 15) is 9.90 Å². The number of hydrogen-bond donors (Lipinski definition) is 2. The minimum Gasteiger partial charge on any atom is -0.388 e. The van der Waals surface area contributed by atoms with Crippen molar-refractivity contribution in [3.05, 3.63) is 65.7 Å². The van der Waals surface area contributed by atoms with Gasteiger partial charge in [-0.25, -0.2) is 4.79 Å². The van der Waals surface area contributed by atoms with Crippen LogP contribution in [0.15, 0.2) is 54.6 Å². The first-order valence-electron chi connectivity index (χ1n) is 8.46. The lowest BCUT2D eigenvalue weighted by Gasteiger charge is -2.34. The number of rotatable bonds is 3. The van der Waals surface area contributed by atoms with Gasteiger partial charge in [-0.3, -0.25) is 0 Å². The van der Waals surface area contributed by atoms with Gasteiger partial charge in [0.1, 0.15) is 0 Å². The van der Waals surface area contributed by atoms with Gasteiger partial charge in [0.05, 0.1) is 17.7 Å². The van der Waals surface area contributed by atoms with Crippen LogP contribution in [0, 0.1) is 17.2 Å². The lowest BCUT2D eigenvalue weighted by molar-refractivity contribution is 0.0683. The summed E-state index contributed by atoms with van der Waals surface area (Å²) in [5.74, 6) is 0.168. The van der Waals surface area contributed by atoms with Crippen molar-refractivity contribution in [1.29, 1.82) is 5.26 Å². The molecule has 0 aliphatic carbocycles. The molecule has 0 spiro atoms. The molecule has 0 radical (unpaired) electrons. The second kappa shape index (κ2) is 7.82. The molecule has 2 aromatic carbocycles. The maximum absolute atomic E-state index is 12.4. The Morgan fingerprint density at radius 3 is 2.36 bits per heavy atom. The number of piperidine rings is 1. The summed E-state index contributed by atoms with van der Waals surface area (Å²) in [7, 11) is 0. The summed E-state index contributed by atoms with van der Waals surface area (Å²) < 4.78 is 0. The number of hydrogen-bond acceptors (Lipinski definition) is 3. The molecule has 3 rings (SSSR count). The first-order chi connectivity index (χ1) is 12.2. The normalized spacial score (nSPS) is 16.1. The lowest BCUT2D eigenvalue weighted by atomic mass is 9.87. The molecule has 2 amide bonds. The van der Waals surface area contributed by atoms with Crippen molar-refractivity contribution in [1.82, 2.24) is 4.90 Å². The van der Waals surface area contributed by atoms with E-state index in [1.807, 2.05) is 30.3 Å². The molecule has 5 heteroatoms. The van der Waals surface area contributed by atoms with Crippen molar-refractivity contribution in [2.24, 2.45) is 5.92 Å². The van der Waals surface area contributed by atoms with Crippen LogP contribution < -0.4 is 5.32 Å². The third kappa shape index (κ3) is 4.17. The molecule has 1 aliphatic heterocycles. The first-order valence-corrected chi connectivity index (χ1v) is 8.46. The summed E-state index contributed by atoms with van der Waals surface area (Å²) in [5, 5.41) is 22.2. The maximum atomic E-state index is 12.4. The number of anilines is 1. The fraction of sp³-hybridized carbons (Fsp3) is 0.300. The average Bonchev–Trinajstić information content (AvgIpc) is 2.69. The van der Waals surface area contributed by atoms with Crippen molar-refractivity contribution < 1.29 is 9.90 Å². The summed E-state index contributed by atoms with van der Waals surface area (Å²) in [6.07, 6.45) is 1.07. The topological polar surface area (TPSA) is 76.4 Å². The Hall–Kier alpha value is -2.84. The second-order valence-corrected chi connectivity index (χ2v) is 6.30. The van der Waals surface area contributed by atoms with Crippen molar-refractivity contribution in [3.8, 4) is 6.07 Å². The monoisotopic (exact) mass is 335 g/mol. The molecule has 1 aliphatic rings. The molecule has 1 atom stereocenters. The zero-order valence-corrected chi connectivity index (χ0v) is 13.9. The zero-order chi connectivity index (χ0) is 17.6. The Balaban J connectivity index is 1.53. The van der Waals surface area contributed by atoms with Crippen LogP contribution in [0.5, 0.6) is 0 Å². The Labute approximate surface area is 147 Å². The molecule has 1 unspecified atom stereocenters. The molecular formula is C20H21N3O2. The van der Waals surface area contributed by atoms with E-state index >= 15 is 0 Å². The summed E-state index contributed by atoms with van der Waals surface area (Å²) in [6, 6.07) is 18.4. The standard InChI is InChI=1S/C20H21N3O2/c21-14-15-6-8-18(9-7-15)22-20(25)23-12-10-17(11-13-23)19(24)16-4-2-1-3-5-16/h1-9,17,19,24H,10-13H2,(H,22,25). The number of aliphatic hydroxyl groups excluding tert-OH is 1. The number of nitrogens with one attached hydrogen (secondary N) is 1. The highest BCUT2D eigenvalue weighted by atomic mass is 16.3. The Morgan fingerprint density at radius 2 is 1.76 bits per heavy atom.